The maximum Gasteiger partial charge on any atom is 0.372 e. The Kier molecular flexibility index (Phi) is 5.58. The summed E-state index contributed by atoms with van der Waals surface area (Å²) in [7, 11) is 2.00. The fourth-order valence-electron chi connectivity index (χ4n) is 1.58. The first-order chi connectivity index (χ1) is 8.06. The summed E-state index contributed by atoms with van der Waals surface area (Å²) in [6.07, 6.45) is 4.61. The van der Waals surface area contributed by atoms with Crippen molar-refractivity contribution >= 4 is 17.7 Å². The molecule has 0 amide bonds. The molecule has 0 radical (unpaired) electrons. The van der Waals surface area contributed by atoms with Gasteiger partial charge in [0.15, 0.2) is 0 Å². The molecule has 1 atom stereocenters. The first kappa shape index (κ1) is 14.1. The van der Waals surface area contributed by atoms with Crippen LogP contribution in [0.15, 0.2) is 16.7 Å². The van der Waals surface area contributed by atoms with Gasteiger partial charge in [-0.05, 0) is 38.5 Å². The van der Waals surface area contributed by atoms with E-state index in [0.29, 0.717) is 12.6 Å². The van der Waals surface area contributed by atoms with Crippen LogP contribution in [0.1, 0.15) is 29.5 Å². The van der Waals surface area contributed by atoms with E-state index in [1.807, 2.05) is 18.8 Å². The number of furan rings is 1. The smallest absolute Gasteiger partial charge is 0.372 e. The second kappa shape index (κ2) is 6.71. The summed E-state index contributed by atoms with van der Waals surface area (Å²) >= 11 is 1.82. The monoisotopic (exact) mass is 257 g/mol. The molecule has 0 fully saturated rings. The first-order valence-corrected chi connectivity index (χ1v) is 6.94. The topological polar surface area (TPSA) is 53.7 Å². The largest absolute Gasteiger partial charge is 0.475 e. The zero-order chi connectivity index (χ0) is 12.8. The Morgan fingerprint density at radius 2 is 2.35 bits per heavy atom. The number of carbonyl (C=O) groups is 1. The summed E-state index contributed by atoms with van der Waals surface area (Å²) in [5.74, 6) is 0.159. The van der Waals surface area contributed by atoms with Gasteiger partial charge in [-0.25, -0.2) is 4.79 Å². The molecule has 1 heterocycles. The molecule has 1 aromatic rings. The minimum atomic E-state index is -1.00. The zero-order valence-corrected chi connectivity index (χ0v) is 11.3. The van der Waals surface area contributed by atoms with Crippen molar-refractivity contribution in [3.05, 3.63) is 23.7 Å². The van der Waals surface area contributed by atoms with Gasteiger partial charge >= 0.3 is 5.97 Å². The van der Waals surface area contributed by atoms with E-state index >= 15 is 0 Å². The molecule has 17 heavy (non-hydrogen) atoms. The van der Waals surface area contributed by atoms with Gasteiger partial charge < -0.3 is 9.52 Å². The van der Waals surface area contributed by atoms with E-state index in [1.165, 1.54) is 6.26 Å². The molecule has 0 aliphatic rings. The Morgan fingerprint density at radius 3 is 2.94 bits per heavy atom. The van der Waals surface area contributed by atoms with Gasteiger partial charge in [-0.15, -0.1) is 0 Å². The number of thioether (sulfide) groups is 1. The molecule has 1 aromatic heterocycles. The predicted octanol–water partition coefficient (Wildman–Crippen LogP) is 2.55. The lowest BCUT2D eigenvalue weighted by Crippen LogP contribution is -2.29. The summed E-state index contributed by atoms with van der Waals surface area (Å²) in [6.45, 7) is 2.75. The number of rotatable bonds is 7. The predicted molar refractivity (Wildman–Crippen MR) is 69.6 cm³/mol. The molecule has 4 nitrogen and oxygen atoms in total. The van der Waals surface area contributed by atoms with E-state index in [1.54, 1.807) is 6.07 Å². The fourth-order valence-corrected chi connectivity index (χ4v) is 2.16. The van der Waals surface area contributed by atoms with Gasteiger partial charge in [-0.3, -0.25) is 4.90 Å². The van der Waals surface area contributed by atoms with Crippen LogP contribution in [0.25, 0.3) is 0 Å². The molecule has 0 saturated carbocycles. The maximum atomic E-state index is 10.9. The minimum absolute atomic E-state index is 0.0499. The van der Waals surface area contributed by atoms with Crippen LogP contribution in [0.2, 0.25) is 0 Å². The molecule has 0 aliphatic heterocycles. The van der Waals surface area contributed by atoms with Crippen LogP contribution in [-0.4, -0.2) is 41.1 Å². The Morgan fingerprint density at radius 1 is 1.65 bits per heavy atom. The Bertz CT molecular complexity index is 364. The third kappa shape index (κ3) is 4.09. The van der Waals surface area contributed by atoms with E-state index in [9.17, 15) is 4.79 Å². The molecule has 96 valence electrons. The van der Waals surface area contributed by atoms with E-state index in [-0.39, 0.29) is 5.76 Å². The van der Waals surface area contributed by atoms with Crippen molar-refractivity contribution in [2.24, 2.45) is 0 Å². The van der Waals surface area contributed by atoms with Gasteiger partial charge in [0.05, 0.1) is 6.26 Å². The fraction of sp³-hybridized carbons (Fsp3) is 0.583. The van der Waals surface area contributed by atoms with Crippen LogP contribution in [0.4, 0.5) is 0 Å². The number of nitrogens with zero attached hydrogens (tertiary/aromatic N) is 1. The quantitative estimate of drug-likeness (QED) is 0.813. The van der Waals surface area contributed by atoms with E-state index in [4.69, 9.17) is 9.52 Å². The van der Waals surface area contributed by atoms with Crippen molar-refractivity contribution in [3.63, 3.8) is 0 Å². The van der Waals surface area contributed by atoms with Gasteiger partial charge in [-0.1, -0.05) is 0 Å². The molecule has 0 spiro atoms. The third-order valence-corrected chi connectivity index (χ3v) is 3.50. The van der Waals surface area contributed by atoms with Crippen LogP contribution >= 0.6 is 11.8 Å². The SMILES string of the molecule is CSCCC(C)N(C)Cc1ccoc1C(=O)O. The highest BCUT2D eigenvalue weighted by Crippen LogP contribution is 2.15. The van der Waals surface area contributed by atoms with Crippen molar-refractivity contribution in [1.82, 2.24) is 4.90 Å². The van der Waals surface area contributed by atoms with Gasteiger partial charge in [0, 0.05) is 18.2 Å². The van der Waals surface area contributed by atoms with Gasteiger partial charge in [0.2, 0.25) is 5.76 Å². The lowest BCUT2D eigenvalue weighted by Gasteiger charge is -2.24. The van der Waals surface area contributed by atoms with Crippen molar-refractivity contribution in [2.75, 3.05) is 19.1 Å². The van der Waals surface area contributed by atoms with Crippen LogP contribution in [0, 0.1) is 0 Å². The standard InChI is InChI=1S/C12H19NO3S/c1-9(5-7-17-3)13(2)8-10-4-6-16-11(10)12(14)15/h4,6,9H,5,7-8H2,1-3H3,(H,14,15). The lowest BCUT2D eigenvalue weighted by atomic mass is 10.2. The molecular formula is C12H19NO3S. The van der Waals surface area contributed by atoms with Crippen molar-refractivity contribution in [2.45, 2.75) is 25.9 Å². The van der Waals surface area contributed by atoms with Crippen LogP contribution in [0.3, 0.4) is 0 Å². The summed E-state index contributed by atoms with van der Waals surface area (Å²) in [5.41, 5.74) is 0.732. The summed E-state index contributed by atoms with van der Waals surface area (Å²) in [5, 5.41) is 8.93. The zero-order valence-electron chi connectivity index (χ0n) is 10.5. The second-order valence-electron chi connectivity index (χ2n) is 4.13. The van der Waals surface area contributed by atoms with E-state index < -0.39 is 5.97 Å². The maximum absolute atomic E-state index is 10.9. The first-order valence-electron chi connectivity index (χ1n) is 5.55. The Hall–Kier alpha value is -0.940. The van der Waals surface area contributed by atoms with Crippen LogP contribution in [0.5, 0.6) is 0 Å². The molecule has 0 aromatic carbocycles. The Balaban J connectivity index is 2.58. The normalized spacial score (nSPS) is 12.9. The van der Waals surface area contributed by atoms with Gasteiger partial charge in [0.1, 0.15) is 0 Å². The molecule has 1 unspecified atom stereocenters. The average molecular weight is 257 g/mol. The Labute approximate surface area is 106 Å². The average Bonchev–Trinajstić information content (AvgIpc) is 2.73. The third-order valence-electron chi connectivity index (χ3n) is 2.85. The summed E-state index contributed by atoms with van der Waals surface area (Å²) in [4.78, 5) is 13.0. The van der Waals surface area contributed by atoms with E-state index in [2.05, 4.69) is 18.1 Å². The highest BCUT2D eigenvalue weighted by Gasteiger charge is 2.17. The molecule has 0 saturated heterocycles. The molecule has 1 N–H and O–H groups in total. The summed E-state index contributed by atoms with van der Waals surface area (Å²) in [6, 6.07) is 2.15. The summed E-state index contributed by atoms with van der Waals surface area (Å²) < 4.78 is 4.96. The molecule has 1 rings (SSSR count). The number of aromatic carboxylic acids is 1. The van der Waals surface area contributed by atoms with Crippen molar-refractivity contribution < 1.29 is 14.3 Å². The van der Waals surface area contributed by atoms with Crippen LogP contribution in [-0.2, 0) is 6.54 Å². The highest BCUT2D eigenvalue weighted by atomic mass is 32.2. The van der Waals surface area contributed by atoms with Gasteiger partial charge in [0.25, 0.3) is 0 Å². The molecular weight excluding hydrogens is 238 g/mol. The van der Waals surface area contributed by atoms with Crippen molar-refractivity contribution in [1.29, 1.82) is 0 Å². The minimum Gasteiger partial charge on any atom is -0.475 e. The molecule has 0 bridgehead atoms. The lowest BCUT2D eigenvalue weighted by molar-refractivity contribution is 0.0659. The molecule has 0 aliphatic carbocycles. The molecule has 5 heteroatoms. The van der Waals surface area contributed by atoms with Crippen LogP contribution < -0.4 is 0 Å². The number of carboxylic acid groups (broad SMARTS) is 1. The number of carboxylic acids is 1. The highest BCUT2D eigenvalue weighted by molar-refractivity contribution is 7.98. The van der Waals surface area contributed by atoms with Gasteiger partial charge in [-0.2, -0.15) is 11.8 Å². The number of hydrogen-bond acceptors (Lipinski definition) is 4. The number of hydrogen-bond donors (Lipinski definition) is 1. The van der Waals surface area contributed by atoms with E-state index in [0.717, 1.165) is 17.7 Å². The second-order valence-corrected chi connectivity index (χ2v) is 5.11. The van der Waals surface area contributed by atoms with Crippen molar-refractivity contribution in [3.8, 4) is 0 Å².